The Bertz CT molecular complexity index is 1100. The van der Waals surface area contributed by atoms with E-state index in [1.807, 2.05) is 45.0 Å². The number of nitrogens with zero attached hydrogens (tertiary/aromatic N) is 1. The molecule has 1 aliphatic carbocycles. The maximum absolute atomic E-state index is 13.6. The van der Waals surface area contributed by atoms with Gasteiger partial charge in [0.15, 0.2) is 0 Å². The number of hydrogen-bond acceptors (Lipinski definition) is 4. The van der Waals surface area contributed by atoms with Gasteiger partial charge in [0.2, 0.25) is 5.91 Å². The second-order valence-electron chi connectivity index (χ2n) is 10.0. The Morgan fingerprint density at radius 1 is 1.06 bits per heavy atom. The molecule has 1 saturated heterocycles. The number of carbonyl (C=O) groups is 3. The fourth-order valence-electron chi connectivity index (χ4n) is 5.50. The van der Waals surface area contributed by atoms with Crippen LogP contribution in [0.1, 0.15) is 57.6 Å². The summed E-state index contributed by atoms with van der Waals surface area (Å²) in [5, 5.41) is 12.5. The highest BCUT2D eigenvalue weighted by Gasteiger charge is 2.51. The molecular formula is C28H34N2O5. The van der Waals surface area contributed by atoms with E-state index < -0.39 is 23.0 Å². The van der Waals surface area contributed by atoms with Crippen molar-refractivity contribution in [2.24, 2.45) is 11.3 Å². The summed E-state index contributed by atoms with van der Waals surface area (Å²) in [5.41, 5.74) is 2.38. The molecule has 0 unspecified atom stereocenters. The number of benzene rings is 2. The lowest BCUT2D eigenvalue weighted by molar-refractivity contribution is -0.149. The standard InChI is InChI=1S/C28H34N2O5/c1-5-28(6-2,24(31)30-15-18(3)27(4,17-30)25(32)33)29-26(34)35-16-23-21-13-9-7-11-19(21)20-12-8-10-14-22(20)23/h7-14,18,23H,5-6,15-17H2,1-4H3,(H,29,34)(H,32,33)/t18-,27-/m1/s1. The largest absolute Gasteiger partial charge is 0.481 e. The molecule has 0 radical (unpaired) electrons. The number of hydrogen-bond donors (Lipinski definition) is 2. The molecule has 2 aromatic carbocycles. The van der Waals surface area contributed by atoms with Crippen molar-refractivity contribution in [2.45, 2.75) is 52.0 Å². The molecule has 1 aliphatic heterocycles. The van der Waals surface area contributed by atoms with E-state index in [1.54, 1.807) is 11.8 Å². The van der Waals surface area contributed by atoms with Crippen molar-refractivity contribution in [3.8, 4) is 11.1 Å². The molecule has 0 bridgehead atoms. The molecule has 2 aliphatic rings. The van der Waals surface area contributed by atoms with Gasteiger partial charge in [0, 0.05) is 19.0 Å². The first-order valence-electron chi connectivity index (χ1n) is 12.3. The highest BCUT2D eigenvalue weighted by Crippen LogP contribution is 2.44. The van der Waals surface area contributed by atoms with E-state index in [9.17, 15) is 19.5 Å². The van der Waals surface area contributed by atoms with E-state index in [-0.39, 0.29) is 30.9 Å². The predicted molar refractivity (Wildman–Crippen MR) is 133 cm³/mol. The maximum Gasteiger partial charge on any atom is 0.408 e. The zero-order valence-electron chi connectivity index (χ0n) is 20.8. The molecule has 7 heteroatoms. The number of fused-ring (bicyclic) bond motifs is 3. The topological polar surface area (TPSA) is 95.9 Å². The third kappa shape index (κ3) is 4.17. The van der Waals surface area contributed by atoms with Gasteiger partial charge in [-0.1, -0.05) is 69.3 Å². The van der Waals surface area contributed by atoms with Gasteiger partial charge in [-0.3, -0.25) is 9.59 Å². The van der Waals surface area contributed by atoms with Crippen LogP contribution in [0.2, 0.25) is 0 Å². The number of alkyl carbamates (subject to hydrolysis) is 1. The number of ether oxygens (including phenoxy) is 1. The maximum atomic E-state index is 13.6. The number of amides is 2. The Morgan fingerprint density at radius 3 is 2.09 bits per heavy atom. The van der Waals surface area contributed by atoms with E-state index >= 15 is 0 Å². The van der Waals surface area contributed by atoms with Gasteiger partial charge in [0.25, 0.3) is 0 Å². The van der Waals surface area contributed by atoms with Gasteiger partial charge in [-0.2, -0.15) is 0 Å². The number of nitrogens with one attached hydrogen (secondary N) is 1. The summed E-state index contributed by atoms with van der Waals surface area (Å²) in [6.45, 7) is 7.84. The number of aliphatic carboxylic acids is 1. The van der Waals surface area contributed by atoms with Crippen LogP contribution in [0.5, 0.6) is 0 Å². The molecule has 7 nitrogen and oxygen atoms in total. The SMILES string of the molecule is CCC(CC)(NC(=O)OCC1c2ccccc2-c2ccccc21)C(=O)N1C[C@@H](C)[C@](C)(C(=O)O)C1. The lowest BCUT2D eigenvalue weighted by Gasteiger charge is -2.35. The number of likely N-dealkylation sites (tertiary alicyclic amines) is 1. The third-order valence-corrected chi connectivity index (χ3v) is 8.18. The van der Waals surface area contributed by atoms with Crippen LogP contribution in [-0.4, -0.2) is 53.2 Å². The van der Waals surface area contributed by atoms with E-state index in [1.165, 1.54) is 0 Å². The van der Waals surface area contributed by atoms with Crippen molar-refractivity contribution < 1.29 is 24.2 Å². The van der Waals surface area contributed by atoms with Crippen LogP contribution in [0, 0.1) is 11.3 Å². The molecule has 2 aromatic rings. The smallest absolute Gasteiger partial charge is 0.408 e. The molecule has 0 spiro atoms. The zero-order valence-corrected chi connectivity index (χ0v) is 20.8. The average molecular weight is 479 g/mol. The Kier molecular flexibility index (Phi) is 6.62. The first kappa shape index (κ1) is 24.8. The monoisotopic (exact) mass is 478 g/mol. The average Bonchev–Trinajstić information content (AvgIpc) is 3.35. The summed E-state index contributed by atoms with van der Waals surface area (Å²) in [4.78, 5) is 40.0. The van der Waals surface area contributed by atoms with Gasteiger partial charge in [-0.15, -0.1) is 0 Å². The van der Waals surface area contributed by atoms with Gasteiger partial charge in [0.1, 0.15) is 12.1 Å². The van der Waals surface area contributed by atoms with Gasteiger partial charge in [0.05, 0.1) is 5.41 Å². The van der Waals surface area contributed by atoms with Crippen LogP contribution >= 0.6 is 0 Å². The van der Waals surface area contributed by atoms with Crippen LogP contribution in [0.4, 0.5) is 4.79 Å². The highest BCUT2D eigenvalue weighted by molar-refractivity contribution is 5.91. The fraction of sp³-hybridized carbons (Fsp3) is 0.464. The number of rotatable bonds is 7. The summed E-state index contributed by atoms with van der Waals surface area (Å²) >= 11 is 0. The summed E-state index contributed by atoms with van der Waals surface area (Å²) in [6.07, 6.45) is 0.111. The Balaban J connectivity index is 1.47. The first-order chi connectivity index (χ1) is 16.7. The normalized spacial score (nSPS) is 21.4. The van der Waals surface area contributed by atoms with Crippen molar-refractivity contribution in [1.82, 2.24) is 10.2 Å². The zero-order chi connectivity index (χ0) is 25.4. The summed E-state index contributed by atoms with van der Waals surface area (Å²) in [6, 6.07) is 16.2. The first-order valence-corrected chi connectivity index (χ1v) is 12.3. The molecule has 0 aromatic heterocycles. The van der Waals surface area contributed by atoms with E-state index in [2.05, 4.69) is 29.6 Å². The second kappa shape index (κ2) is 9.36. The van der Waals surface area contributed by atoms with E-state index in [0.29, 0.717) is 19.4 Å². The van der Waals surface area contributed by atoms with Crippen LogP contribution in [0.25, 0.3) is 11.1 Å². The van der Waals surface area contributed by atoms with E-state index in [0.717, 1.165) is 22.3 Å². The molecule has 2 N–H and O–H groups in total. The number of carbonyl (C=O) groups excluding carboxylic acids is 2. The van der Waals surface area contributed by atoms with E-state index in [4.69, 9.17) is 4.74 Å². The lowest BCUT2D eigenvalue weighted by Crippen LogP contribution is -2.59. The van der Waals surface area contributed by atoms with Crippen LogP contribution in [0.15, 0.2) is 48.5 Å². The Labute approximate surface area is 206 Å². The van der Waals surface area contributed by atoms with Crippen molar-refractivity contribution in [2.75, 3.05) is 19.7 Å². The number of carboxylic acids is 1. The van der Waals surface area contributed by atoms with Gasteiger partial charge in [-0.25, -0.2) is 4.79 Å². The quantitative estimate of drug-likeness (QED) is 0.604. The van der Waals surface area contributed by atoms with Crippen molar-refractivity contribution in [3.63, 3.8) is 0 Å². The van der Waals surface area contributed by atoms with Crippen LogP contribution in [0.3, 0.4) is 0 Å². The Morgan fingerprint density at radius 2 is 1.60 bits per heavy atom. The molecule has 0 saturated carbocycles. The van der Waals surface area contributed by atoms with Crippen molar-refractivity contribution in [3.05, 3.63) is 59.7 Å². The highest BCUT2D eigenvalue weighted by atomic mass is 16.5. The summed E-state index contributed by atoms with van der Waals surface area (Å²) in [5.74, 6) is -1.43. The molecule has 2 amide bonds. The number of carboxylic acid groups (broad SMARTS) is 1. The fourth-order valence-corrected chi connectivity index (χ4v) is 5.50. The van der Waals surface area contributed by atoms with Gasteiger partial charge < -0.3 is 20.1 Å². The second-order valence-corrected chi connectivity index (χ2v) is 10.0. The van der Waals surface area contributed by atoms with Crippen molar-refractivity contribution >= 4 is 18.0 Å². The summed E-state index contributed by atoms with van der Waals surface area (Å²) in [7, 11) is 0. The van der Waals surface area contributed by atoms with Crippen LogP contribution in [-0.2, 0) is 14.3 Å². The molecular weight excluding hydrogens is 444 g/mol. The Hall–Kier alpha value is -3.35. The molecule has 4 rings (SSSR count). The van der Waals surface area contributed by atoms with Gasteiger partial charge >= 0.3 is 12.1 Å². The lowest BCUT2D eigenvalue weighted by atomic mass is 9.81. The minimum absolute atomic E-state index is 0.0720. The predicted octanol–water partition coefficient (Wildman–Crippen LogP) is 4.65. The summed E-state index contributed by atoms with van der Waals surface area (Å²) < 4.78 is 5.70. The van der Waals surface area contributed by atoms with Crippen molar-refractivity contribution in [1.29, 1.82) is 0 Å². The molecule has 1 fully saturated rings. The molecule has 1 heterocycles. The molecule has 2 atom stereocenters. The van der Waals surface area contributed by atoms with Crippen LogP contribution < -0.4 is 5.32 Å². The third-order valence-electron chi connectivity index (χ3n) is 8.18. The minimum Gasteiger partial charge on any atom is -0.481 e. The van der Waals surface area contributed by atoms with Gasteiger partial charge in [-0.05, 0) is 47.9 Å². The molecule has 35 heavy (non-hydrogen) atoms. The molecule has 186 valence electrons. The minimum atomic E-state index is -1.15.